The second-order valence-electron chi connectivity index (χ2n) is 6.29. The molecule has 1 aromatic carbocycles. The van der Waals surface area contributed by atoms with Crippen molar-refractivity contribution in [3.8, 4) is 5.75 Å². The highest BCUT2D eigenvalue weighted by Gasteiger charge is 2.38. The highest BCUT2D eigenvalue weighted by molar-refractivity contribution is 5.74. The number of para-hydroxylation sites is 1. The quantitative estimate of drug-likeness (QED) is 0.872. The van der Waals surface area contributed by atoms with Crippen molar-refractivity contribution in [3.05, 3.63) is 42.5 Å². The van der Waals surface area contributed by atoms with Crippen molar-refractivity contribution in [3.63, 3.8) is 0 Å². The van der Waals surface area contributed by atoms with Crippen LogP contribution in [-0.4, -0.2) is 49.4 Å². The van der Waals surface area contributed by atoms with Crippen LogP contribution >= 0.6 is 0 Å². The third kappa shape index (κ3) is 3.56. The Balaban J connectivity index is 1.71. The van der Waals surface area contributed by atoms with Crippen molar-refractivity contribution in [1.82, 2.24) is 19.7 Å². The molecule has 2 heterocycles. The minimum absolute atomic E-state index is 0.149. The summed E-state index contributed by atoms with van der Waals surface area (Å²) in [6.45, 7) is 5.05. The highest BCUT2D eigenvalue weighted by atomic mass is 16.5. The van der Waals surface area contributed by atoms with Gasteiger partial charge >= 0.3 is 5.97 Å². The predicted octanol–water partition coefficient (Wildman–Crippen LogP) is 1.97. The second kappa shape index (κ2) is 7.00. The first-order chi connectivity index (χ1) is 11.5. The Morgan fingerprint density at radius 1 is 1.38 bits per heavy atom. The molecule has 0 bridgehead atoms. The molecular formula is C17H22N4O3. The lowest BCUT2D eigenvalue weighted by atomic mass is 10.2. The number of carboxylic acids is 1. The van der Waals surface area contributed by atoms with Gasteiger partial charge in [-0.15, -0.1) is 0 Å². The Morgan fingerprint density at radius 3 is 2.79 bits per heavy atom. The average Bonchev–Trinajstić information content (AvgIpc) is 3.16. The number of likely N-dealkylation sites (tertiary alicyclic amines) is 1. The van der Waals surface area contributed by atoms with Crippen LogP contribution in [0.15, 0.2) is 36.7 Å². The van der Waals surface area contributed by atoms with Crippen molar-refractivity contribution in [2.75, 3.05) is 6.54 Å². The van der Waals surface area contributed by atoms with Gasteiger partial charge < -0.3 is 9.84 Å². The van der Waals surface area contributed by atoms with Gasteiger partial charge in [0.1, 0.15) is 30.0 Å². The summed E-state index contributed by atoms with van der Waals surface area (Å²) >= 11 is 0. The van der Waals surface area contributed by atoms with Crippen molar-refractivity contribution < 1.29 is 14.6 Å². The maximum Gasteiger partial charge on any atom is 0.321 e. The molecule has 2 atom stereocenters. The number of ether oxygens (including phenoxy) is 1. The summed E-state index contributed by atoms with van der Waals surface area (Å²) in [5.74, 6) is 0.709. The van der Waals surface area contributed by atoms with E-state index in [0.29, 0.717) is 19.5 Å². The molecule has 0 unspecified atom stereocenters. The molecule has 7 nitrogen and oxygen atoms in total. The third-order valence-electron chi connectivity index (χ3n) is 4.18. The van der Waals surface area contributed by atoms with Gasteiger partial charge in [0.05, 0.1) is 6.54 Å². The molecule has 128 valence electrons. The van der Waals surface area contributed by atoms with Crippen LogP contribution < -0.4 is 4.74 Å². The van der Waals surface area contributed by atoms with E-state index in [2.05, 4.69) is 10.1 Å². The molecule has 1 aliphatic heterocycles. The van der Waals surface area contributed by atoms with E-state index >= 15 is 0 Å². The number of hydrogen-bond acceptors (Lipinski definition) is 5. The average molecular weight is 330 g/mol. The molecule has 7 heteroatoms. The zero-order valence-corrected chi connectivity index (χ0v) is 13.9. The Labute approximate surface area is 140 Å². The number of aromatic nitrogens is 3. The number of carboxylic acid groups (broad SMARTS) is 1. The summed E-state index contributed by atoms with van der Waals surface area (Å²) in [5.41, 5.74) is 0. The largest absolute Gasteiger partial charge is 0.489 e. The summed E-state index contributed by atoms with van der Waals surface area (Å²) < 4.78 is 7.76. The fourth-order valence-corrected chi connectivity index (χ4v) is 3.07. The summed E-state index contributed by atoms with van der Waals surface area (Å²) in [6.07, 6.45) is 1.82. The van der Waals surface area contributed by atoms with Gasteiger partial charge in [0.15, 0.2) is 0 Å². The van der Waals surface area contributed by atoms with Gasteiger partial charge in [0.25, 0.3) is 0 Å². The topological polar surface area (TPSA) is 80.5 Å². The van der Waals surface area contributed by atoms with E-state index in [9.17, 15) is 9.90 Å². The number of aliphatic carboxylic acids is 1. The molecule has 1 aromatic heterocycles. The van der Waals surface area contributed by atoms with Crippen LogP contribution in [0, 0.1) is 0 Å². The standard InChI is InChI=1S/C17H22N4O3/c1-12(2)21-16(18-11-19-21)10-20-9-14(8-15(20)17(22)23)24-13-6-4-3-5-7-13/h3-7,11-12,14-15H,8-10H2,1-2H3,(H,22,23)/t14-,15-/m0/s1. The van der Waals surface area contributed by atoms with E-state index in [1.807, 2.05) is 53.8 Å². The second-order valence-corrected chi connectivity index (χ2v) is 6.29. The molecule has 0 saturated carbocycles. The van der Waals surface area contributed by atoms with Gasteiger partial charge in [0, 0.05) is 19.0 Å². The Kier molecular flexibility index (Phi) is 4.80. The molecule has 1 aliphatic rings. The molecule has 1 fully saturated rings. The van der Waals surface area contributed by atoms with Gasteiger partial charge in [-0.05, 0) is 26.0 Å². The molecule has 0 amide bonds. The summed E-state index contributed by atoms with van der Waals surface area (Å²) in [4.78, 5) is 17.8. The molecule has 0 radical (unpaired) electrons. The fraction of sp³-hybridized carbons (Fsp3) is 0.471. The molecule has 2 aromatic rings. The van der Waals surface area contributed by atoms with Gasteiger partial charge in [0.2, 0.25) is 0 Å². The van der Waals surface area contributed by atoms with E-state index in [1.165, 1.54) is 6.33 Å². The van der Waals surface area contributed by atoms with E-state index in [0.717, 1.165) is 11.6 Å². The lowest BCUT2D eigenvalue weighted by Crippen LogP contribution is -2.36. The Morgan fingerprint density at radius 2 is 2.12 bits per heavy atom. The highest BCUT2D eigenvalue weighted by Crippen LogP contribution is 2.25. The summed E-state index contributed by atoms with van der Waals surface area (Å²) in [6, 6.07) is 9.11. The molecule has 1 N–H and O–H groups in total. The van der Waals surface area contributed by atoms with Gasteiger partial charge in [-0.25, -0.2) is 9.67 Å². The maximum absolute atomic E-state index is 11.6. The van der Waals surface area contributed by atoms with E-state index in [1.54, 1.807) is 0 Å². The van der Waals surface area contributed by atoms with Gasteiger partial charge in [-0.2, -0.15) is 5.10 Å². The van der Waals surface area contributed by atoms with Crippen molar-refractivity contribution in [2.45, 2.75) is 45.0 Å². The molecule has 24 heavy (non-hydrogen) atoms. The van der Waals surface area contributed by atoms with Crippen molar-refractivity contribution in [1.29, 1.82) is 0 Å². The van der Waals surface area contributed by atoms with Crippen LogP contribution in [0.25, 0.3) is 0 Å². The first-order valence-electron chi connectivity index (χ1n) is 8.11. The Bertz CT molecular complexity index is 686. The minimum Gasteiger partial charge on any atom is -0.489 e. The zero-order chi connectivity index (χ0) is 17.1. The fourth-order valence-electron chi connectivity index (χ4n) is 3.07. The van der Waals surface area contributed by atoms with Crippen LogP contribution in [0.2, 0.25) is 0 Å². The summed E-state index contributed by atoms with van der Waals surface area (Å²) in [5, 5.41) is 13.7. The molecule has 0 aliphatic carbocycles. The molecule has 3 rings (SSSR count). The minimum atomic E-state index is -0.829. The smallest absolute Gasteiger partial charge is 0.321 e. The number of carbonyl (C=O) groups is 1. The lowest BCUT2D eigenvalue weighted by Gasteiger charge is -2.21. The number of hydrogen-bond donors (Lipinski definition) is 1. The molecule has 1 saturated heterocycles. The van der Waals surface area contributed by atoms with Crippen molar-refractivity contribution >= 4 is 5.97 Å². The van der Waals surface area contributed by atoms with Crippen LogP contribution in [0.3, 0.4) is 0 Å². The number of rotatable bonds is 6. The third-order valence-corrected chi connectivity index (χ3v) is 4.18. The van der Waals surface area contributed by atoms with Crippen LogP contribution in [-0.2, 0) is 11.3 Å². The van der Waals surface area contributed by atoms with Crippen LogP contribution in [0.5, 0.6) is 5.75 Å². The van der Waals surface area contributed by atoms with Crippen molar-refractivity contribution in [2.24, 2.45) is 0 Å². The SMILES string of the molecule is CC(C)n1ncnc1CN1C[C@@H](Oc2ccccc2)C[C@H]1C(=O)O. The van der Waals surface area contributed by atoms with Gasteiger partial charge in [-0.3, -0.25) is 9.69 Å². The first kappa shape index (κ1) is 16.4. The predicted molar refractivity (Wildman–Crippen MR) is 87.7 cm³/mol. The lowest BCUT2D eigenvalue weighted by molar-refractivity contribution is -0.142. The van der Waals surface area contributed by atoms with Gasteiger partial charge in [-0.1, -0.05) is 18.2 Å². The first-order valence-corrected chi connectivity index (χ1v) is 8.11. The van der Waals surface area contributed by atoms with E-state index in [4.69, 9.17) is 4.74 Å². The number of nitrogens with zero attached hydrogens (tertiary/aromatic N) is 4. The van der Waals surface area contributed by atoms with E-state index < -0.39 is 12.0 Å². The maximum atomic E-state index is 11.6. The monoisotopic (exact) mass is 330 g/mol. The molecule has 0 spiro atoms. The van der Waals surface area contributed by atoms with Crippen LogP contribution in [0.4, 0.5) is 0 Å². The summed E-state index contributed by atoms with van der Waals surface area (Å²) in [7, 11) is 0. The van der Waals surface area contributed by atoms with E-state index in [-0.39, 0.29) is 12.1 Å². The zero-order valence-electron chi connectivity index (χ0n) is 13.9. The van der Waals surface area contributed by atoms with Crippen LogP contribution in [0.1, 0.15) is 32.1 Å². The number of benzene rings is 1. The normalized spacial score (nSPS) is 21.3. The molecular weight excluding hydrogens is 308 g/mol. The Hall–Kier alpha value is -2.41.